The minimum absolute atomic E-state index is 0.0640. The molecule has 4 N–H and O–H groups in total. The lowest BCUT2D eigenvalue weighted by atomic mass is 10.1. The molecular weight excluding hydrogens is 178 g/mol. The van der Waals surface area contributed by atoms with Crippen molar-refractivity contribution >= 4 is 5.91 Å². The molecule has 78 valence electrons. The molecule has 0 saturated carbocycles. The fourth-order valence-corrected chi connectivity index (χ4v) is 1.43. The molecule has 0 bridgehead atoms. The van der Waals surface area contributed by atoms with Crippen molar-refractivity contribution in [3.05, 3.63) is 24.0 Å². The third-order valence-electron chi connectivity index (χ3n) is 2.14. The maximum absolute atomic E-state index is 10.6. The van der Waals surface area contributed by atoms with Gasteiger partial charge in [-0.2, -0.15) is 0 Å². The van der Waals surface area contributed by atoms with Crippen LogP contribution in [-0.4, -0.2) is 10.5 Å². The molecule has 14 heavy (non-hydrogen) atoms. The van der Waals surface area contributed by atoms with Gasteiger partial charge in [0.1, 0.15) is 6.54 Å². The zero-order valence-electron chi connectivity index (χ0n) is 8.44. The highest BCUT2D eigenvalue weighted by atomic mass is 16.1. The van der Waals surface area contributed by atoms with Crippen LogP contribution in [0.1, 0.15) is 31.4 Å². The maximum Gasteiger partial charge on any atom is 0.237 e. The number of hydrogen-bond acceptors (Lipinski definition) is 2. The van der Waals surface area contributed by atoms with Gasteiger partial charge in [0, 0.05) is 18.4 Å². The molecular formula is C10H17N3O. The largest absolute Gasteiger partial charge is 0.368 e. The lowest BCUT2D eigenvalue weighted by Crippen LogP contribution is -2.17. The van der Waals surface area contributed by atoms with E-state index >= 15 is 0 Å². The SMILES string of the molecule is CCCC(N)c1ccn(CC(N)=O)c1. The zero-order valence-corrected chi connectivity index (χ0v) is 8.44. The van der Waals surface area contributed by atoms with Crippen molar-refractivity contribution < 1.29 is 4.79 Å². The topological polar surface area (TPSA) is 74.0 Å². The van der Waals surface area contributed by atoms with Gasteiger partial charge in [0.05, 0.1) is 0 Å². The molecule has 1 unspecified atom stereocenters. The summed E-state index contributed by atoms with van der Waals surface area (Å²) in [5.74, 6) is -0.337. The normalized spacial score (nSPS) is 12.7. The number of nitrogens with zero attached hydrogens (tertiary/aromatic N) is 1. The second-order valence-electron chi connectivity index (χ2n) is 3.48. The molecule has 1 atom stereocenters. The smallest absolute Gasteiger partial charge is 0.237 e. The van der Waals surface area contributed by atoms with Crippen molar-refractivity contribution in [1.82, 2.24) is 4.57 Å². The Morgan fingerprint density at radius 2 is 2.36 bits per heavy atom. The predicted molar refractivity (Wildman–Crippen MR) is 55.5 cm³/mol. The summed E-state index contributed by atoms with van der Waals surface area (Å²) in [6, 6.07) is 2.00. The van der Waals surface area contributed by atoms with E-state index < -0.39 is 0 Å². The molecule has 0 saturated heterocycles. The summed E-state index contributed by atoms with van der Waals surface area (Å²) < 4.78 is 1.76. The van der Waals surface area contributed by atoms with Gasteiger partial charge >= 0.3 is 0 Å². The van der Waals surface area contributed by atoms with Crippen molar-refractivity contribution in [3.63, 3.8) is 0 Å². The molecule has 1 amide bonds. The quantitative estimate of drug-likeness (QED) is 0.728. The van der Waals surface area contributed by atoms with Gasteiger partial charge in [-0.05, 0) is 18.1 Å². The van der Waals surface area contributed by atoms with Crippen molar-refractivity contribution in [2.75, 3.05) is 0 Å². The van der Waals surface area contributed by atoms with Crippen molar-refractivity contribution in [2.24, 2.45) is 11.5 Å². The van der Waals surface area contributed by atoms with Gasteiger partial charge < -0.3 is 16.0 Å². The average molecular weight is 195 g/mol. The van der Waals surface area contributed by atoms with E-state index in [2.05, 4.69) is 6.92 Å². The fraction of sp³-hybridized carbons (Fsp3) is 0.500. The summed E-state index contributed by atoms with van der Waals surface area (Å²) in [4.78, 5) is 10.6. The van der Waals surface area contributed by atoms with Gasteiger partial charge in [-0.3, -0.25) is 4.79 Å². The van der Waals surface area contributed by atoms with Crippen LogP contribution in [0.4, 0.5) is 0 Å². The summed E-state index contributed by atoms with van der Waals surface area (Å²) in [6.45, 7) is 2.32. The van der Waals surface area contributed by atoms with E-state index in [-0.39, 0.29) is 18.5 Å². The van der Waals surface area contributed by atoms with E-state index in [1.54, 1.807) is 4.57 Å². The Kier molecular flexibility index (Phi) is 3.71. The number of rotatable bonds is 5. The second-order valence-corrected chi connectivity index (χ2v) is 3.48. The molecule has 0 aromatic carbocycles. The van der Waals surface area contributed by atoms with Gasteiger partial charge in [-0.1, -0.05) is 13.3 Å². The number of nitrogens with two attached hydrogens (primary N) is 2. The van der Waals surface area contributed by atoms with Gasteiger partial charge in [0.2, 0.25) is 5.91 Å². The Bertz CT molecular complexity index is 306. The van der Waals surface area contributed by atoms with E-state index in [0.717, 1.165) is 18.4 Å². The fourth-order valence-electron chi connectivity index (χ4n) is 1.43. The first-order valence-corrected chi connectivity index (χ1v) is 4.83. The predicted octanol–water partition coefficient (Wildman–Crippen LogP) is 0.773. The number of carbonyl (C=O) groups is 1. The summed E-state index contributed by atoms with van der Waals surface area (Å²) >= 11 is 0. The minimum Gasteiger partial charge on any atom is -0.368 e. The number of aromatic nitrogens is 1. The molecule has 0 aliphatic rings. The number of carbonyl (C=O) groups excluding carboxylic acids is 1. The van der Waals surface area contributed by atoms with Crippen LogP contribution >= 0.6 is 0 Å². The molecule has 0 fully saturated rings. The first-order valence-electron chi connectivity index (χ1n) is 4.83. The molecule has 1 heterocycles. The Morgan fingerprint density at radius 1 is 1.64 bits per heavy atom. The van der Waals surface area contributed by atoms with E-state index in [1.165, 1.54) is 0 Å². The van der Waals surface area contributed by atoms with Crippen LogP contribution in [0.15, 0.2) is 18.5 Å². The van der Waals surface area contributed by atoms with E-state index in [4.69, 9.17) is 11.5 Å². The van der Waals surface area contributed by atoms with Crippen LogP contribution in [0.3, 0.4) is 0 Å². The van der Waals surface area contributed by atoms with E-state index in [1.807, 2.05) is 18.5 Å². The van der Waals surface area contributed by atoms with Gasteiger partial charge in [-0.25, -0.2) is 0 Å². The lowest BCUT2D eigenvalue weighted by Gasteiger charge is -2.07. The standard InChI is InChI=1S/C10H17N3O/c1-2-3-9(11)8-4-5-13(6-8)7-10(12)14/h4-6,9H,2-3,7,11H2,1H3,(H2,12,14). The molecule has 0 radical (unpaired) electrons. The summed E-state index contributed by atoms with van der Waals surface area (Å²) in [5, 5.41) is 0. The Morgan fingerprint density at radius 3 is 2.93 bits per heavy atom. The first-order chi connectivity index (χ1) is 6.63. The van der Waals surface area contributed by atoms with Crippen molar-refractivity contribution in [1.29, 1.82) is 0 Å². The molecule has 1 aromatic heterocycles. The molecule has 0 spiro atoms. The first kappa shape index (κ1) is 10.8. The van der Waals surface area contributed by atoms with E-state index in [0.29, 0.717) is 0 Å². The monoisotopic (exact) mass is 195 g/mol. The highest BCUT2D eigenvalue weighted by Crippen LogP contribution is 2.15. The molecule has 1 aromatic rings. The molecule has 4 heteroatoms. The Labute approximate surface area is 83.9 Å². The number of hydrogen-bond donors (Lipinski definition) is 2. The Hall–Kier alpha value is -1.29. The maximum atomic E-state index is 10.6. The van der Waals surface area contributed by atoms with Crippen molar-refractivity contribution in [3.8, 4) is 0 Å². The second kappa shape index (κ2) is 4.81. The summed E-state index contributed by atoms with van der Waals surface area (Å²) in [7, 11) is 0. The summed E-state index contributed by atoms with van der Waals surface area (Å²) in [6.07, 6.45) is 5.73. The van der Waals surface area contributed by atoms with Crippen LogP contribution in [0.5, 0.6) is 0 Å². The third-order valence-corrected chi connectivity index (χ3v) is 2.14. The number of primary amides is 1. The third kappa shape index (κ3) is 2.88. The highest BCUT2D eigenvalue weighted by Gasteiger charge is 2.06. The lowest BCUT2D eigenvalue weighted by molar-refractivity contribution is -0.118. The molecule has 4 nitrogen and oxygen atoms in total. The van der Waals surface area contributed by atoms with Gasteiger partial charge in [0.25, 0.3) is 0 Å². The van der Waals surface area contributed by atoms with Crippen LogP contribution in [0, 0.1) is 0 Å². The average Bonchev–Trinajstić information content (AvgIpc) is 2.52. The number of amides is 1. The van der Waals surface area contributed by atoms with Crippen LogP contribution < -0.4 is 11.5 Å². The van der Waals surface area contributed by atoms with E-state index in [9.17, 15) is 4.79 Å². The molecule has 0 aliphatic carbocycles. The molecule has 1 rings (SSSR count). The zero-order chi connectivity index (χ0) is 10.6. The van der Waals surface area contributed by atoms with Crippen LogP contribution in [0.2, 0.25) is 0 Å². The highest BCUT2D eigenvalue weighted by molar-refractivity contribution is 5.73. The van der Waals surface area contributed by atoms with Crippen LogP contribution in [0.25, 0.3) is 0 Å². The molecule has 0 aliphatic heterocycles. The minimum atomic E-state index is -0.337. The van der Waals surface area contributed by atoms with Gasteiger partial charge in [-0.15, -0.1) is 0 Å². The van der Waals surface area contributed by atoms with Crippen molar-refractivity contribution in [2.45, 2.75) is 32.4 Å². The van der Waals surface area contributed by atoms with Gasteiger partial charge in [0.15, 0.2) is 0 Å². The van der Waals surface area contributed by atoms with Crippen LogP contribution in [-0.2, 0) is 11.3 Å². The summed E-state index contributed by atoms with van der Waals surface area (Å²) in [5.41, 5.74) is 12.1. The Balaban J connectivity index is 2.62.